The summed E-state index contributed by atoms with van der Waals surface area (Å²) >= 11 is 0. The second kappa shape index (κ2) is 4.76. The molecular formula is C12H14F4N2. The third-order valence-corrected chi connectivity index (χ3v) is 3.24. The highest BCUT2D eigenvalue weighted by Crippen LogP contribution is 2.32. The summed E-state index contributed by atoms with van der Waals surface area (Å²) in [6, 6.07) is 2.78. The molecule has 0 aromatic heterocycles. The van der Waals surface area contributed by atoms with E-state index in [1.165, 1.54) is 6.07 Å². The number of benzene rings is 1. The molecule has 0 spiro atoms. The van der Waals surface area contributed by atoms with Crippen molar-refractivity contribution >= 4 is 5.69 Å². The summed E-state index contributed by atoms with van der Waals surface area (Å²) in [7, 11) is 1.70. The number of anilines is 1. The van der Waals surface area contributed by atoms with E-state index in [1.54, 1.807) is 11.9 Å². The first kappa shape index (κ1) is 13.1. The van der Waals surface area contributed by atoms with Gasteiger partial charge in [0.1, 0.15) is 5.82 Å². The van der Waals surface area contributed by atoms with Crippen LogP contribution in [0.15, 0.2) is 18.2 Å². The molecule has 1 atom stereocenters. The highest BCUT2D eigenvalue weighted by Gasteiger charge is 2.32. The average molecular weight is 262 g/mol. The first-order chi connectivity index (χ1) is 8.39. The topological polar surface area (TPSA) is 15.3 Å². The van der Waals surface area contributed by atoms with E-state index in [0.29, 0.717) is 6.07 Å². The molecule has 1 aliphatic heterocycles. The molecule has 18 heavy (non-hydrogen) atoms. The number of hydrogen-bond acceptors (Lipinski definition) is 2. The Kier molecular flexibility index (Phi) is 3.47. The minimum Gasteiger partial charge on any atom is -0.368 e. The van der Waals surface area contributed by atoms with Crippen molar-refractivity contribution in [3.8, 4) is 0 Å². The highest BCUT2D eigenvalue weighted by atomic mass is 19.4. The van der Waals surface area contributed by atoms with Gasteiger partial charge in [-0.25, -0.2) is 4.39 Å². The number of rotatable bonds is 2. The normalized spacial score (nSPS) is 20.2. The Hall–Kier alpha value is -1.30. The summed E-state index contributed by atoms with van der Waals surface area (Å²) in [6.07, 6.45) is -3.65. The Labute approximate surface area is 103 Å². The van der Waals surface area contributed by atoms with Gasteiger partial charge in [-0.2, -0.15) is 13.2 Å². The van der Waals surface area contributed by atoms with Crippen LogP contribution in [0, 0.1) is 5.82 Å². The quantitative estimate of drug-likeness (QED) is 0.824. The maximum Gasteiger partial charge on any atom is 0.416 e. The Morgan fingerprint density at radius 2 is 2.06 bits per heavy atom. The fraction of sp³-hybridized carbons (Fsp3) is 0.500. The van der Waals surface area contributed by atoms with Crippen LogP contribution >= 0.6 is 0 Å². The molecule has 0 amide bonds. The Bertz CT molecular complexity index is 425. The monoisotopic (exact) mass is 262 g/mol. The van der Waals surface area contributed by atoms with E-state index >= 15 is 0 Å². The van der Waals surface area contributed by atoms with Crippen LogP contribution in [0.3, 0.4) is 0 Å². The second-order valence-corrected chi connectivity index (χ2v) is 4.42. The lowest BCUT2D eigenvalue weighted by Crippen LogP contribution is -2.34. The fourth-order valence-electron chi connectivity index (χ4n) is 2.14. The van der Waals surface area contributed by atoms with Gasteiger partial charge < -0.3 is 10.2 Å². The van der Waals surface area contributed by atoms with Gasteiger partial charge in [0.25, 0.3) is 0 Å². The SMILES string of the molecule is CN(c1ccc(C(F)(F)F)cc1F)C1CCNC1. The number of hydrogen-bond donors (Lipinski definition) is 1. The zero-order valence-electron chi connectivity index (χ0n) is 9.89. The zero-order valence-corrected chi connectivity index (χ0v) is 9.89. The van der Waals surface area contributed by atoms with Crippen molar-refractivity contribution in [2.75, 3.05) is 25.0 Å². The first-order valence-electron chi connectivity index (χ1n) is 5.70. The zero-order chi connectivity index (χ0) is 13.3. The molecule has 1 N–H and O–H groups in total. The minimum absolute atomic E-state index is 0.122. The lowest BCUT2D eigenvalue weighted by atomic mass is 10.1. The van der Waals surface area contributed by atoms with Crippen molar-refractivity contribution in [3.63, 3.8) is 0 Å². The van der Waals surface area contributed by atoms with E-state index in [9.17, 15) is 17.6 Å². The first-order valence-corrected chi connectivity index (χ1v) is 5.70. The maximum absolute atomic E-state index is 13.7. The molecule has 1 saturated heterocycles. The van der Waals surface area contributed by atoms with E-state index in [4.69, 9.17) is 0 Å². The van der Waals surface area contributed by atoms with Gasteiger partial charge in [0, 0.05) is 19.6 Å². The van der Waals surface area contributed by atoms with Crippen molar-refractivity contribution in [1.82, 2.24) is 5.32 Å². The molecule has 6 heteroatoms. The molecule has 100 valence electrons. The molecule has 0 radical (unpaired) electrons. The molecule has 1 fully saturated rings. The van der Waals surface area contributed by atoms with Crippen LogP contribution in [0.5, 0.6) is 0 Å². The van der Waals surface area contributed by atoms with E-state index in [1.807, 2.05) is 0 Å². The van der Waals surface area contributed by atoms with E-state index in [0.717, 1.165) is 25.6 Å². The molecule has 1 heterocycles. The molecule has 0 aliphatic carbocycles. The van der Waals surface area contributed by atoms with Crippen LogP contribution in [0.25, 0.3) is 0 Å². The number of halogens is 4. The lowest BCUT2D eigenvalue weighted by molar-refractivity contribution is -0.137. The molecule has 1 aromatic rings. The van der Waals surface area contributed by atoms with Crippen molar-refractivity contribution in [3.05, 3.63) is 29.6 Å². The van der Waals surface area contributed by atoms with Gasteiger partial charge in [-0.05, 0) is 31.2 Å². The molecule has 2 rings (SSSR count). The summed E-state index contributed by atoms with van der Waals surface area (Å²) in [5.41, 5.74) is -0.751. The van der Waals surface area contributed by atoms with Gasteiger partial charge in [0.05, 0.1) is 11.3 Å². The van der Waals surface area contributed by atoms with Crippen LogP contribution in [-0.2, 0) is 6.18 Å². The van der Waals surface area contributed by atoms with Crippen LogP contribution < -0.4 is 10.2 Å². The fourth-order valence-corrected chi connectivity index (χ4v) is 2.14. The van der Waals surface area contributed by atoms with Crippen molar-refractivity contribution in [2.45, 2.75) is 18.6 Å². The maximum atomic E-state index is 13.7. The van der Waals surface area contributed by atoms with Gasteiger partial charge in [-0.15, -0.1) is 0 Å². The largest absolute Gasteiger partial charge is 0.416 e. The second-order valence-electron chi connectivity index (χ2n) is 4.42. The Morgan fingerprint density at radius 1 is 1.33 bits per heavy atom. The molecule has 1 aliphatic rings. The van der Waals surface area contributed by atoms with Gasteiger partial charge in [0.2, 0.25) is 0 Å². The molecule has 0 saturated carbocycles. The molecular weight excluding hydrogens is 248 g/mol. The Morgan fingerprint density at radius 3 is 2.56 bits per heavy atom. The van der Waals surface area contributed by atoms with Crippen LogP contribution in [0.1, 0.15) is 12.0 Å². The highest BCUT2D eigenvalue weighted by molar-refractivity contribution is 5.50. The summed E-state index contributed by atoms with van der Waals surface area (Å²) in [5, 5.41) is 3.13. The molecule has 0 bridgehead atoms. The van der Waals surface area contributed by atoms with E-state index in [-0.39, 0.29) is 11.7 Å². The minimum atomic E-state index is -4.51. The van der Waals surface area contributed by atoms with Gasteiger partial charge >= 0.3 is 6.18 Å². The van der Waals surface area contributed by atoms with E-state index < -0.39 is 17.6 Å². The van der Waals surface area contributed by atoms with Crippen molar-refractivity contribution in [1.29, 1.82) is 0 Å². The molecule has 1 unspecified atom stereocenters. The molecule has 2 nitrogen and oxygen atoms in total. The van der Waals surface area contributed by atoms with Crippen molar-refractivity contribution < 1.29 is 17.6 Å². The number of nitrogens with zero attached hydrogens (tertiary/aromatic N) is 1. The van der Waals surface area contributed by atoms with Crippen LogP contribution in [0.2, 0.25) is 0 Å². The van der Waals surface area contributed by atoms with Crippen molar-refractivity contribution in [2.24, 2.45) is 0 Å². The number of likely N-dealkylation sites (N-methyl/N-ethyl adjacent to an activating group) is 1. The summed E-state index contributed by atoms with van der Waals surface area (Å²) < 4.78 is 51.0. The standard InChI is InChI=1S/C12H14F4N2/c1-18(9-4-5-17-7-9)11-3-2-8(6-10(11)13)12(14,15)16/h2-3,6,9,17H,4-5,7H2,1H3. The average Bonchev–Trinajstić information content (AvgIpc) is 2.80. The van der Waals surface area contributed by atoms with Crippen LogP contribution in [-0.4, -0.2) is 26.2 Å². The summed E-state index contributed by atoms with van der Waals surface area (Å²) in [6.45, 7) is 1.56. The predicted molar refractivity (Wildman–Crippen MR) is 61.1 cm³/mol. The third-order valence-electron chi connectivity index (χ3n) is 3.24. The van der Waals surface area contributed by atoms with Gasteiger partial charge in [-0.3, -0.25) is 0 Å². The number of alkyl halides is 3. The Balaban J connectivity index is 2.24. The number of nitrogens with one attached hydrogen (secondary N) is 1. The van der Waals surface area contributed by atoms with E-state index in [2.05, 4.69) is 5.32 Å². The lowest BCUT2D eigenvalue weighted by Gasteiger charge is -2.26. The van der Waals surface area contributed by atoms with Gasteiger partial charge in [0.15, 0.2) is 0 Å². The molecule has 1 aromatic carbocycles. The smallest absolute Gasteiger partial charge is 0.368 e. The van der Waals surface area contributed by atoms with Gasteiger partial charge in [-0.1, -0.05) is 0 Å². The summed E-state index contributed by atoms with van der Waals surface area (Å²) in [4.78, 5) is 1.69. The summed E-state index contributed by atoms with van der Waals surface area (Å²) in [5.74, 6) is -0.834. The predicted octanol–water partition coefficient (Wildman–Crippen LogP) is 2.64. The van der Waals surface area contributed by atoms with Crippen LogP contribution in [0.4, 0.5) is 23.2 Å². The third kappa shape index (κ3) is 2.58.